The molecule has 0 aliphatic rings. The summed E-state index contributed by atoms with van der Waals surface area (Å²) >= 11 is 3.42. The summed E-state index contributed by atoms with van der Waals surface area (Å²) in [6.45, 7) is 0. The van der Waals surface area contributed by atoms with Crippen LogP contribution in [0.1, 0.15) is 0 Å². The zero-order valence-electron chi connectivity index (χ0n) is 10.1. The summed E-state index contributed by atoms with van der Waals surface area (Å²) in [6.07, 6.45) is 1.84. The van der Waals surface area contributed by atoms with Crippen LogP contribution in [0.5, 0.6) is 0 Å². The van der Waals surface area contributed by atoms with Gasteiger partial charge in [0.05, 0.1) is 17.6 Å². The van der Waals surface area contributed by atoms with Gasteiger partial charge in [-0.25, -0.2) is 4.68 Å². The normalized spacial score (nSPS) is 10.6. The van der Waals surface area contributed by atoms with Gasteiger partial charge in [-0.2, -0.15) is 5.10 Å². The molecule has 1 heterocycles. The molecule has 2 aromatic carbocycles. The van der Waals surface area contributed by atoms with E-state index in [0.717, 1.165) is 21.4 Å². The van der Waals surface area contributed by atoms with Gasteiger partial charge >= 0.3 is 0 Å². The fourth-order valence-electron chi connectivity index (χ4n) is 1.93. The van der Waals surface area contributed by atoms with E-state index in [-0.39, 0.29) is 0 Å². The van der Waals surface area contributed by atoms with Crippen molar-refractivity contribution in [2.45, 2.75) is 0 Å². The molecular formula is C15H12BrN3. The topological polar surface area (TPSA) is 43.8 Å². The van der Waals surface area contributed by atoms with Gasteiger partial charge < -0.3 is 5.73 Å². The van der Waals surface area contributed by atoms with Crippen LogP contribution in [0.4, 0.5) is 5.69 Å². The maximum absolute atomic E-state index is 6.05. The molecule has 3 rings (SSSR count). The Labute approximate surface area is 119 Å². The van der Waals surface area contributed by atoms with Crippen molar-refractivity contribution in [3.05, 3.63) is 65.3 Å². The van der Waals surface area contributed by atoms with E-state index in [1.165, 1.54) is 0 Å². The molecule has 2 N–H and O–H groups in total. The van der Waals surface area contributed by atoms with Crippen LogP contribution < -0.4 is 5.73 Å². The molecule has 0 fully saturated rings. The van der Waals surface area contributed by atoms with Gasteiger partial charge in [-0.15, -0.1) is 0 Å². The number of nitrogen functional groups attached to an aromatic ring is 1. The molecule has 19 heavy (non-hydrogen) atoms. The highest BCUT2D eigenvalue weighted by atomic mass is 79.9. The lowest BCUT2D eigenvalue weighted by Gasteiger charge is -2.01. The van der Waals surface area contributed by atoms with Crippen molar-refractivity contribution in [1.82, 2.24) is 9.78 Å². The van der Waals surface area contributed by atoms with Crippen LogP contribution in [0.25, 0.3) is 16.9 Å². The molecule has 3 aromatic rings. The molecule has 1 aromatic heterocycles. The van der Waals surface area contributed by atoms with Crippen molar-refractivity contribution in [2.75, 3.05) is 5.73 Å². The van der Waals surface area contributed by atoms with Gasteiger partial charge in [-0.3, -0.25) is 0 Å². The highest BCUT2D eigenvalue weighted by Gasteiger charge is 2.09. The average Bonchev–Trinajstić information content (AvgIpc) is 2.83. The molecule has 3 nitrogen and oxygen atoms in total. The minimum absolute atomic E-state index is 0.675. The van der Waals surface area contributed by atoms with E-state index in [1.807, 2.05) is 60.8 Å². The highest BCUT2D eigenvalue weighted by Crippen LogP contribution is 2.25. The Balaban J connectivity index is 2.04. The largest absolute Gasteiger partial charge is 0.396 e. The second-order valence-electron chi connectivity index (χ2n) is 4.22. The Morgan fingerprint density at radius 1 is 0.947 bits per heavy atom. The zero-order chi connectivity index (χ0) is 13.2. The predicted octanol–water partition coefficient (Wildman–Crippen LogP) is 3.88. The van der Waals surface area contributed by atoms with Crippen molar-refractivity contribution >= 4 is 21.6 Å². The van der Waals surface area contributed by atoms with Crippen LogP contribution >= 0.6 is 15.9 Å². The Morgan fingerprint density at radius 2 is 1.63 bits per heavy atom. The third-order valence-electron chi connectivity index (χ3n) is 2.88. The van der Waals surface area contributed by atoms with Gasteiger partial charge in [0, 0.05) is 10.0 Å². The van der Waals surface area contributed by atoms with Gasteiger partial charge in [0.1, 0.15) is 5.69 Å². The zero-order valence-corrected chi connectivity index (χ0v) is 11.7. The molecule has 0 aliphatic carbocycles. The van der Waals surface area contributed by atoms with E-state index >= 15 is 0 Å². The summed E-state index contributed by atoms with van der Waals surface area (Å²) in [7, 11) is 0. The lowest BCUT2D eigenvalue weighted by atomic mass is 10.1. The summed E-state index contributed by atoms with van der Waals surface area (Å²) in [5.41, 5.74) is 9.54. The Kier molecular flexibility index (Phi) is 3.09. The van der Waals surface area contributed by atoms with Crippen molar-refractivity contribution in [1.29, 1.82) is 0 Å². The predicted molar refractivity (Wildman–Crippen MR) is 81.1 cm³/mol. The Morgan fingerprint density at radius 3 is 2.32 bits per heavy atom. The number of hydrogen-bond donors (Lipinski definition) is 1. The maximum atomic E-state index is 6.05. The number of halogens is 1. The fraction of sp³-hybridized carbons (Fsp3) is 0. The first-order valence-corrected chi connectivity index (χ1v) is 6.70. The second kappa shape index (κ2) is 4.90. The van der Waals surface area contributed by atoms with Gasteiger partial charge in [0.2, 0.25) is 0 Å². The van der Waals surface area contributed by atoms with Crippen LogP contribution in [-0.2, 0) is 0 Å². The fourth-order valence-corrected chi connectivity index (χ4v) is 2.20. The highest BCUT2D eigenvalue weighted by molar-refractivity contribution is 9.10. The second-order valence-corrected chi connectivity index (χ2v) is 5.14. The number of rotatable bonds is 2. The third kappa shape index (κ3) is 2.39. The minimum Gasteiger partial charge on any atom is -0.396 e. The summed E-state index contributed by atoms with van der Waals surface area (Å²) in [4.78, 5) is 0. The van der Waals surface area contributed by atoms with E-state index < -0.39 is 0 Å². The lowest BCUT2D eigenvalue weighted by molar-refractivity contribution is 0.884. The summed E-state index contributed by atoms with van der Waals surface area (Å²) < 4.78 is 2.84. The molecule has 0 saturated heterocycles. The van der Waals surface area contributed by atoms with E-state index in [9.17, 15) is 0 Å². The SMILES string of the molecule is Nc1cn(-c2ccc(Br)cc2)nc1-c1ccccc1. The monoisotopic (exact) mass is 313 g/mol. The first kappa shape index (κ1) is 12.0. The van der Waals surface area contributed by atoms with Gasteiger partial charge in [-0.1, -0.05) is 46.3 Å². The molecule has 0 unspecified atom stereocenters. The van der Waals surface area contributed by atoms with E-state index in [1.54, 1.807) is 4.68 Å². The Hall–Kier alpha value is -2.07. The summed E-state index contributed by atoms with van der Waals surface area (Å²) in [5, 5.41) is 4.56. The lowest BCUT2D eigenvalue weighted by Crippen LogP contribution is -1.94. The number of benzene rings is 2. The van der Waals surface area contributed by atoms with Crippen LogP contribution in [0.2, 0.25) is 0 Å². The van der Waals surface area contributed by atoms with Crippen LogP contribution in [0.3, 0.4) is 0 Å². The van der Waals surface area contributed by atoms with Crippen LogP contribution in [0.15, 0.2) is 65.3 Å². The first-order chi connectivity index (χ1) is 9.24. The van der Waals surface area contributed by atoms with E-state index in [4.69, 9.17) is 5.73 Å². The molecule has 0 bridgehead atoms. The quantitative estimate of drug-likeness (QED) is 0.780. The third-order valence-corrected chi connectivity index (χ3v) is 3.41. The van der Waals surface area contributed by atoms with Gasteiger partial charge in [-0.05, 0) is 24.3 Å². The van der Waals surface area contributed by atoms with Crippen molar-refractivity contribution < 1.29 is 0 Å². The standard InChI is InChI=1S/C15H12BrN3/c16-12-6-8-13(9-7-12)19-10-14(17)15(18-19)11-4-2-1-3-5-11/h1-10H,17H2. The number of nitrogens with two attached hydrogens (primary N) is 1. The van der Waals surface area contributed by atoms with E-state index in [2.05, 4.69) is 21.0 Å². The van der Waals surface area contributed by atoms with Crippen molar-refractivity contribution in [2.24, 2.45) is 0 Å². The molecule has 0 amide bonds. The minimum atomic E-state index is 0.675. The van der Waals surface area contributed by atoms with Gasteiger partial charge in [0.15, 0.2) is 0 Å². The van der Waals surface area contributed by atoms with Gasteiger partial charge in [0.25, 0.3) is 0 Å². The Bertz CT molecular complexity index is 687. The summed E-state index contributed by atoms with van der Waals surface area (Å²) in [5.74, 6) is 0. The number of nitrogens with zero attached hydrogens (tertiary/aromatic N) is 2. The summed E-state index contributed by atoms with van der Waals surface area (Å²) in [6, 6.07) is 17.9. The molecule has 0 spiro atoms. The molecule has 0 atom stereocenters. The van der Waals surface area contributed by atoms with Crippen molar-refractivity contribution in [3.8, 4) is 16.9 Å². The molecule has 94 valence electrons. The number of hydrogen-bond acceptors (Lipinski definition) is 2. The number of aromatic nitrogens is 2. The van der Waals surface area contributed by atoms with E-state index in [0.29, 0.717) is 5.69 Å². The molecule has 0 radical (unpaired) electrons. The van der Waals surface area contributed by atoms with Crippen LogP contribution in [-0.4, -0.2) is 9.78 Å². The smallest absolute Gasteiger partial charge is 0.116 e. The molecule has 4 heteroatoms. The first-order valence-electron chi connectivity index (χ1n) is 5.90. The number of anilines is 1. The molecule has 0 saturated carbocycles. The molecular weight excluding hydrogens is 302 g/mol. The molecule has 0 aliphatic heterocycles. The maximum Gasteiger partial charge on any atom is 0.116 e. The van der Waals surface area contributed by atoms with Crippen molar-refractivity contribution in [3.63, 3.8) is 0 Å². The average molecular weight is 314 g/mol. The van der Waals surface area contributed by atoms with Crippen LogP contribution in [0, 0.1) is 0 Å².